The Morgan fingerprint density at radius 3 is 2.93 bits per heavy atom. The summed E-state index contributed by atoms with van der Waals surface area (Å²) < 4.78 is 24.9. The van der Waals surface area contributed by atoms with Crippen molar-refractivity contribution in [2.75, 3.05) is 6.54 Å². The van der Waals surface area contributed by atoms with E-state index in [-0.39, 0.29) is 5.56 Å². The van der Waals surface area contributed by atoms with E-state index >= 15 is 0 Å². The Kier molecular flexibility index (Phi) is 3.31. The predicted molar refractivity (Wildman–Crippen MR) is 56.1 cm³/mol. The van der Waals surface area contributed by atoms with E-state index in [0.29, 0.717) is 6.04 Å². The Bertz CT molecular complexity index is 319. The van der Waals surface area contributed by atoms with Gasteiger partial charge in [-0.15, -0.1) is 0 Å². The Balaban J connectivity index is 2.04. The first-order valence-electron chi connectivity index (χ1n) is 5.36. The van der Waals surface area contributed by atoms with E-state index in [1.807, 2.05) is 6.07 Å². The van der Waals surface area contributed by atoms with Crippen LogP contribution in [0.3, 0.4) is 0 Å². The first-order valence-corrected chi connectivity index (χ1v) is 5.36. The third kappa shape index (κ3) is 2.75. The second-order valence-corrected chi connectivity index (χ2v) is 4.04. The molecule has 15 heavy (non-hydrogen) atoms. The van der Waals surface area contributed by atoms with Crippen molar-refractivity contribution < 1.29 is 8.78 Å². The molecule has 1 atom stereocenters. The molecule has 1 N–H and O–H groups in total. The Hall–Kier alpha value is -0.960. The van der Waals surface area contributed by atoms with Crippen LogP contribution in [0.4, 0.5) is 8.78 Å². The predicted octanol–water partition coefficient (Wildman–Crippen LogP) is 2.92. The van der Waals surface area contributed by atoms with E-state index in [0.717, 1.165) is 24.9 Å². The standard InChI is InChI=1S/C12H15F2N/c13-12(14)10-4-1-3-9(7-10)8-11-5-2-6-15-11/h1,3-4,7,11-12,15H,2,5-6,8H2. The van der Waals surface area contributed by atoms with E-state index < -0.39 is 6.43 Å². The van der Waals surface area contributed by atoms with Crippen molar-refractivity contribution in [1.29, 1.82) is 0 Å². The largest absolute Gasteiger partial charge is 0.314 e. The summed E-state index contributed by atoms with van der Waals surface area (Å²) in [4.78, 5) is 0. The van der Waals surface area contributed by atoms with E-state index in [4.69, 9.17) is 0 Å². The summed E-state index contributed by atoms with van der Waals surface area (Å²) in [6.07, 6.45) is 0.847. The van der Waals surface area contributed by atoms with Crippen LogP contribution >= 0.6 is 0 Å². The van der Waals surface area contributed by atoms with Gasteiger partial charge in [0.1, 0.15) is 0 Å². The highest BCUT2D eigenvalue weighted by molar-refractivity contribution is 5.25. The van der Waals surface area contributed by atoms with Gasteiger partial charge in [-0.1, -0.05) is 24.3 Å². The summed E-state index contributed by atoms with van der Waals surface area (Å²) in [5.41, 5.74) is 1.14. The number of benzene rings is 1. The van der Waals surface area contributed by atoms with Gasteiger partial charge in [-0.2, -0.15) is 0 Å². The van der Waals surface area contributed by atoms with Gasteiger partial charge in [0, 0.05) is 11.6 Å². The number of nitrogens with one attached hydrogen (secondary N) is 1. The van der Waals surface area contributed by atoms with Crippen molar-refractivity contribution in [3.63, 3.8) is 0 Å². The molecule has 1 aromatic rings. The number of hydrogen-bond donors (Lipinski definition) is 1. The van der Waals surface area contributed by atoms with Crippen LogP contribution in [-0.2, 0) is 6.42 Å². The van der Waals surface area contributed by atoms with Crippen molar-refractivity contribution in [1.82, 2.24) is 5.32 Å². The first-order chi connectivity index (χ1) is 7.25. The molecule has 2 rings (SSSR count). The minimum atomic E-state index is -2.36. The zero-order valence-corrected chi connectivity index (χ0v) is 8.55. The molecule has 1 unspecified atom stereocenters. The molecule has 0 aromatic heterocycles. The molecule has 0 radical (unpaired) electrons. The Morgan fingerprint density at radius 2 is 2.27 bits per heavy atom. The molecule has 1 nitrogen and oxygen atoms in total. The van der Waals surface area contributed by atoms with Crippen LogP contribution in [0.25, 0.3) is 0 Å². The molecule has 1 aromatic carbocycles. The van der Waals surface area contributed by atoms with Gasteiger partial charge in [-0.05, 0) is 31.4 Å². The summed E-state index contributed by atoms with van der Waals surface area (Å²) >= 11 is 0. The van der Waals surface area contributed by atoms with Crippen LogP contribution in [0.2, 0.25) is 0 Å². The fourth-order valence-corrected chi connectivity index (χ4v) is 2.07. The lowest BCUT2D eigenvalue weighted by atomic mass is 10.0. The van der Waals surface area contributed by atoms with Gasteiger partial charge in [0.05, 0.1) is 0 Å². The molecule has 0 spiro atoms. The van der Waals surface area contributed by atoms with Crippen LogP contribution in [0, 0.1) is 0 Å². The maximum Gasteiger partial charge on any atom is 0.263 e. The molecule has 0 amide bonds. The summed E-state index contributed by atoms with van der Waals surface area (Å²) in [5, 5.41) is 3.37. The van der Waals surface area contributed by atoms with Crippen LogP contribution in [0.1, 0.15) is 30.4 Å². The molecular weight excluding hydrogens is 196 g/mol. The lowest BCUT2D eigenvalue weighted by Crippen LogP contribution is -2.23. The number of hydrogen-bond acceptors (Lipinski definition) is 1. The molecule has 1 aliphatic heterocycles. The van der Waals surface area contributed by atoms with Gasteiger partial charge in [0.2, 0.25) is 0 Å². The summed E-state index contributed by atoms with van der Waals surface area (Å²) in [7, 11) is 0. The first kappa shape index (κ1) is 10.6. The minimum absolute atomic E-state index is 0.130. The molecule has 1 aliphatic rings. The van der Waals surface area contributed by atoms with Gasteiger partial charge in [-0.25, -0.2) is 8.78 Å². The number of alkyl halides is 2. The van der Waals surface area contributed by atoms with Crippen LogP contribution < -0.4 is 5.32 Å². The van der Waals surface area contributed by atoms with Gasteiger partial charge in [-0.3, -0.25) is 0 Å². The van der Waals surface area contributed by atoms with Crippen molar-refractivity contribution in [3.8, 4) is 0 Å². The molecule has 1 saturated heterocycles. The van der Waals surface area contributed by atoms with E-state index in [1.165, 1.54) is 12.5 Å². The maximum absolute atomic E-state index is 12.4. The third-order valence-corrected chi connectivity index (χ3v) is 2.85. The fraction of sp³-hybridized carbons (Fsp3) is 0.500. The molecule has 1 fully saturated rings. The molecule has 0 aliphatic carbocycles. The zero-order chi connectivity index (χ0) is 10.7. The quantitative estimate of drug-likeness (QED) is 0.810. The second-order valence-electron chi connectivity index (χ2n) is 4.04. The lowest BCUT2D eigenvalue weighted by molar-refractivity contribution is 0.151. The molecule has 0 bridgehead atoms. The highest BCUT2D eigenvalue weighted by atomic mass is 19.3. The normalized spacial score (nSPS) is 21.1. The SMILES string of the molecule is FC(F)c1cccc(CC2CCCN2)c1. The van der Waals surface area contributed by atoms with Crippen molar-refractivity contribution in [3.05, 3.63) is 35.4 Å². The Morgan fingerprint density at radius 1 is 1.40 bits per heavy atom. The average Bonchev–Trinajstić information content (AvgIpc) is 2.71. The van der Waals surface area contributed by atoms with Crippen LogP contribution in [0.5, 0.6) is 0 Å². The van der Waals surface area contributed by atoms with Gasteiger partial charge in [0.25, 0.3) is 6.43 Å². The highest BCUT2D eigenvalue weighted by Gasteiger charge is 2.15. The highest BCUT2D eigenvalue weighted by Crippen LogP contribution is 2.21. The summed E-state index contributed by atoms with van der Waals surface area (Å²) in [6, 6.07) is 7.20. The van der Waals surface area contributed by atoms with Crippen molar-refractivity contribution in [2.24, 2.45) is 0 Å². The molecular formula is C12H15F2N. The van der Waals surface area contributed by atoms with Gasteiger partial charge < -0.3 is 5.32 Å². The van der Waals surface area contributed by atoms with Crippen molar-refractivity contribution in [2.45, 2.75) is 31.7 Å². The van der Waals surface area contributed by atoms with Gasteiger partial charge in [0.15, 0.2) is 0 Å². The smallest absolute Gasteiger partial charge is 0.263 e. The van der Waals surface area contributed by atoms with Crippen LogP contribution in [0.15, 0.2) is 24.3 Å². The maximum atomic E-state index is 12.4. The lowest BCUT2D eigenvalue weighted by Gasteiger charge is -2.10. The van der Waals surface area contributed by atoms with E-state index in [9.17, 15) is 8.78 Å². The summed E-state index contributed by atoms with van der Waals surface area (Å²) in [6.45, 7) is 1.05. The monoisotopic (exact) mass is 211 g/mol. The average molecular weight is 211 g/mol. The Labute approximate surface area is 88.5 Å². The molecule has 3 heteroatoms. The van der Waals surface area contributed by atoms with Crippen LogP contribution in [-0.4, -0.2) is 12.6 Å². The molecule has 82 valence electrons. The number of halogens is 2. The van der Waals surface area contributed by atoms with Crippen molar-refractivity contribution >= 4 is 0 Å². The van der Waals surface area contributed by atoms with E-state index in [1.54, 1.807) is 12.1 Å². The topological polar surface area (TPSA) is 12.0 Å². The number of rotatable bonds is 3. The second kappa shape index (κ2) is 4.71. The third-order valence-electron chi connectivity index (χ3n) is 2.85. The minimum Gasteiger partial charge on any atom is -0.314 e. The fourth-order valence-electron chi connectivity index (χ4n) is 2.07. The van der Waals surface area contributed by atoms with Gasteiger partial charge >= 0.3 is 0 Å². The summed E-state index contributed by atoms with van der Waals surface area (Å²) in [5.74, 6) is 0. The molecule has 1 heterocycles. The zero-order valence-electron chi connectivity index (χ0n) is 8.55. The van der Waals surface area contributed by atoms with E-state index in [2.05, 4.69) is 5.32 Å². The molecule has 0 saturated carbocycles.